The molecule has 2 aromatic heterocycles. The van der Waals surface area contributed by atoms with E-state index >= 15 is 0 Å². The highest BCUT2D eigenvalue weighted by molar-refractivity contribution is 7.71. The lowest BCUT2D eigenvalue weighted by Crippen LogP contribution is -2.03. The average Bonchev–Trinajstić information content (AvgIpc) is 2.52. The van der Waals surface area contributed by atoms with Crippen LogP contribution in [-0.4, -0.2) is 19.9 Å². The van der Waals surface area contributed by atoms with Gasteiger partial charge in [-0.1, -0.05) is 12.2 Å². The predicted octanol–water partition coefficient (Wildman–Crippen LogP) is 0.474. The van der Waals surface area contributed by atoms with E-state index in [-0.39, 0.29) is 0 Å². The zero-order chi connectivity index (χ0) is 8.55. The van der Waals surface area contributed by atoms with Gasteiger partial charge in [-0.05, 0) is 0 Å². The molecule has 4 N–H and O–H groups in total. The molecule has 0 aliphatic heterocycles. The first-order valence-electron chi connectivity index (χ1n) is 3.43. The largest absolute Gasteiger partial charge is 0.341 e. The fraction of sp³-hybridized carbons (Fsp3) is 0.167. The molecule has 0 aliphatic carbocycles. The number of rotatable bonds is 1. The normalized spacial score (nSPS) is 10.8. The first kappa shape index (κ1) is 7.38. The summed E-state index contributed by atoms with van der Waals surface area (Å²) in [5, 5.41) is 0. The SMILES string of the molecule is NCc1nc(=S)c2[nH]cnc2[nH]1. The van der Waals surface area contributed by atoms with Gasteiger partial charge >= 0.3 is 0 Å². The van der Waals surface area contributed by atoms with Gasteiger partial charge in [0.05, 0.1) is 12.9 Å². The van der Waals surface area contributed by atoms with Crippen LogP contribution in [0.5, 0.6) is 0 Å². The van der Waals surface area contributed by atoms with Crippen molar-refractivity contribution in [3.63, 3.8) is 0 Å². The van der Waals surface area contributed by atoms with Crippen LogP contribution in [0.2, 0.25) is 0 Å². The van der Waals surface area contributed by atoms with Crippen LogP contribution in [0.3, 0.4) is 0 Å². The summed E-state index contributed by atoms with van der Waals surface area (Å²) in [6.45, 7) is 0.340. The third-order valence-corrected chi connectivity index (χ3v) is 1.84. The second-order valence-electron chi connectivity index (χ2n) is 2.32. The zero-order valence-electron chi connectivity index (χ0n) is 6.16. The van der Waals surface area contributed by atoms with Crippen LogP contribution in [0.1, 0.15) is 5.82 Å². The predicted molar refractivity (Wildman–Crippen MR) is 47.0 cm³/mol. The molecule has 12 heavy (non-hydrogen) atoms. The third-order valence-electron chi connectivity index (χ3n) is 1.55. The fourth-order valence-electron chi connectivity index (χ4n) is 0.992. The van der Waals surface area contributed by atoms with Crippen molar-refractivity contribution in [2.45, 2.75) is 6.54 Å². The van der Waals surface area contributed by atoms with E-state index in [4.69, 9.17) is 18.0 Å². The monoisotopic (exact) mass is 181 g/mol. The van der Waals surface area contributed by atoms with Gasteiger partial charge in [0.1, 0.15) is 11.3 Å². The molecule has 2 heterocycles. The molecule has 2 rings (SSSR count). The van der Waals surface area contributed by atoms with E-state index in [0.29, 0.717) is 22.7 Å². The van der Waals surface area contributed by atoms with Crippen molar-refractivity contribution < 1.29 is 0 Å². The van der Waals surface area contributed by atoms with Crippen LogP contribution in [0.15, 0.2) is 6.33 Å². The summed E-state index contributed by atoms with van der Waals surface area (Å²) < 4.78 is 0.502. The molecule has 0 fully saturated rings. The molecule has 0 bridgehead atoms. The topological polar surface area (TPSA) is 83.4 Å². The lowest BCUT2D eigenvalue weighted by molar-refractivity contribution is 0.917. The molecule has 0 radical (unpaired) electrons. The van der Waals surface area contributed by atoms with E-state index in [1.807, 2.05) is 0 Å². The molecule has 0 aliphatic rings. The number of aromatic amines is 2. The standard InChI is InChI=1S/C6H7N5S/c7-1-3-10-5-4(6(12)11-3)8-2-9-5/h2H,1,7H2,(H2,8,9,10,11,12). The highest BCUT2D eigenvalue weighted by atomic mass is 32.1. The molecule has 0 unspecified atom stereocenters. The van der Waals surface area contributed by atoms with Crippen molar-refractivity contribution in [2.24, 2.45) is 5.73 Å². The van der Waals surface area contributed by atoms with E-state index in [2.05, 4.69) is 19.9 Å². The molecule has 2 aromatic rings. The summed E-state index contributed by atoms with van der Waals surface area (Å²) in [5.41, 5.74) is 6.86. The van der Waals surface area contributed by atoms with E-state index < -0.39 is 0 Å². The lowest BCUT2D eigenvalue weighted by Gasteiger charge is -1.95. The maximum Gasteiger partial charge on any atom is 0.160 e. The Morgan fingerprint density at radius 2 is 2.42 bits per heavy atom. The lowest BCUT2D eigenvalue weighted by atomic mass is 10.5. The zero-order valence-corrected chi connectivity index (χ0v) is 6.98. The second-order valence-corrected chi connectivity index (χ2v) is 2.71. The molecule has 0 aromatic carbocycles. The molecule has 6 heteroatoms. The summed E-state index contributed by atoms with van der Waals surface area (Å²) in [6, 6.07) is 0. The molecule has 5 nitrogen and oxygen atoms in total. The minimum Gasteiger partial charge on any atom is -0.341 e. The van der Waals surface area contributed by atoms with Crippen LogP contribution in [0, 0.1) is 4.64 Å². The van der Waals surface area contributed by atoms with Crippen molar-refractivity contribution in [1.29, 1.82) is 0 Å². The number of H-pyrrole nitrogens is 2. The summed E-state index contributed by atoms with van der Waals surface area (Å²) in [5.74, 6) is 0.652. The van der Waals surface area contributed by atoms with Crippen molar-refractivity contribution in [2.75, 3.05) is 0 Å². The highest BCUT2D eigenvalue weighted by Crippen LogP contribution is 2.05. The van der Waals surface area contributed by atoms with Crippen LogP contribution in [0.25, 0.3) is 11.2 Å². The second kappa shape index (κ2) is 2.65. The van der Waals surface area contributed by atoms with Crippen LogP contribution in [-0.2, 0) is 6.54 Å². The Morgan fingerprint density at radius 1 is 1.58 bits per heavy atom. The molecule has 0 amide bonds. The number of nitrogens with two attached hydrogens (primary N) is 1. The van der Waals surface area contributed by atoms with Crippen molar-refractivity contribution in [3.05, 3.63) is 16.8 Å². The minimum absolute atomic E-state index is 0.340. The number of fused-ring (bicyclic) bond motifs is 1. The van der Waals surface area contributed by atoms with E-state index in [1.54, 1.807) is 6.33 Å². The van der Waals surface area contributed by atoms with Gasteiger partial charge in [0, 0.05) is 0 Å². The van der Waals surface area contributed by atoms with Crippen LogP contribution in [0.4, 0.5) is 0 Å². The number of hydrogen-bond acceptors (Lipinski definition) is 4. The van der Waals surface area contributed by atoms with Gasteiger partial charge in [0.2, 0.25) is 0 Å². The molecular weight excluding hydrogens is 174 g/mol. The quantitative estimate of drug-likeness (QED) is 0.558. The maximum atomic E-state index is 5.40. The smallest absolute Gasteiger partial charge is 0.160 e. The van der Waals surface area contributed by atoms with Crippen molar-refractivity contribution in [1.82, 2.24) is 19.9 Å². The molecule has 0 saturated carbocycles. The van der Waals surface area contributed by atoms with Gasteiger partial charge in [0.15, 0.2) is 10.3 Å². The van der Waals surface area contributed by atoms with Gasteiger partial charge < -0.3 is 15.7 Å². The van der Waals surface area contributed by atoms with E-state index in [1.165, 1.54) is 0 Å². The first-order valence-corrected chi connectivity index (χ1v) is 3.84. The summed E-state index contributed by atoms with van der Waals surface area (Å²) in [4.78, 5) is 13.9. The Bertz CT molecular complexity index is 456. The van der Waals surface area contributed by atoms with Gasteiger partial charge in [-0.2, -0.15) is 0 Å². The third kappa shape index (κ3) is 1.01. The Kier molecular flexibility index (Phi) is 1.63. The summed E-state index contributed by atoms with van der Waals surface area (Å²) in [7, 11) is 0. The molecule has 0 spiro atoms. The van der Waals surface area contributed by atoms with Crippen LogP contribution >= 0.6 is 12.2 Å². The van der Waals surface area contributed by atoms with Gasteiger partial charge in [0.25, 0.3) is 0 Å². The van der Waals surface area contributed by atoms with Crippen molar-refractivity contribution >= 4 is 23.4 Å². The molecular formula is C6H7N5S. The number of imidazole rings is 1. The molecule has 0 saturated heterocycles. The fourth-order valence-corrected chi connectivity index (χ4v) is 1.26. The number of nitrogens with one attached hydrogen (secondary N) is 2. The van der Waals surface area contributed by atoms with Crippen molar-refractivity contribution in [3.8, 4) is 0 Å². The number of nitrogens with zero attached hydrogens (tertiary/aromatic N) is 2. The van der Waals surface area contributed by atoms with E-state index in [0.717, 1.165) is 5.52 Å². The number of hydrogen-bond donors (Lipinski definition) is 3. The van der Waals surface area contributed by atoms with Crippen LogP contribution < -0.4 is 5.73 Å². The Balaban J connectivity index is 2.84. The summed E-state index contributed by atoms with van der Waals surface area (Å²) >= 11 is 5.00. The van der Waals surface area contributed by atoms with E-state index in [9.17, 15) is 0 Å². The first-order chi connectivity index (χ1) is 5.81. The van der Waals surface area contributed by atoms with Gasteiger partial charge in [-0.3, -0.25) is 0 Å². The Morgan fingerprint density at radius 3 is 3.17 bits per heavy atom. The highest BCUT2D eigenvalue weighted by Gasteiger charge is 2.00. The Labute approximate surface area is 73.0 Å². The number of aromatic nitrogens is 4. The Hall–Kier alpha value is -1.27. The van der Waals surface area contributed by atoms with Gasteiger partial charge in [-0.15, -0.1) is 0 Å². The minimum atomic E-state index is 0.340. The molecule has 0 atom stereocenters. The summed E-state index contributed by atoms with van der Waals surface area (Å²) in [6.07, 6.45) is 1.57. The van der Waals surface area contributed by atoms with Gasteiger partial charge in [-0.25, -0.2) is 9.97 Å². The maximum absolute atomic E-state index is 5.40. The molecule has 62 valence electrons. The average molecular weight is 181 g/mol.